The summed E-state index contributed by atoms with van der Waals surface area (Å²) in [6.07, 6.45) is 0. The summed E-state index contributed by atoms with van der Waals surface area (Å²) in [5.74, 6) is 0.267. The zero-order valence-corrected chi connectivity index (χ0v) is 17.3. The first-order valence-corrected chi connectivity index (χ1v) is 9.94. The van der Waals surface area contributed by atoms with Gasteiger partial charge in [0.25, 0.3) is 5.91 Å². The molecule has 0 aliphatic rings. The Hall–Kier alpha value is -3.78. The molecule has 1 amide bonds. The average molecular weight is 435 g/mol. The predicted octanol–water partition coefficient (Wildman–Crippen LogP) is 5.16. The van der Waals surface area contributed by atoms with Crippen molar-refractivity contribution in [2.24, 2.45) is 0 Å². The highest BCUT2D eigenvalue weighted by Gasteiger charge is 2.12. The van der Waals surface area contributed by atoms with Crippen molar-refractivity contribution in [2.75, 3.05) is 11.9 Å². The Morgan fingerprint density at radius 1 is 1.13 bits per heavy atom. The summed E-state index contributed by atoms with van der Waals surface area (Å²) in [5.41, 5.74) is 2.88. The largest absolute Gasteiger partial charge is 0.494 e. The second kappa shape index (κ2) is 8.93. The Bertz CT molecular complexity index is 1250. The quantitative estimate of drug-likeness (QED) is 0.422. The Balaban J connectivity index is 1.46. The molecule has 1 heterocycles. The van der Waals surface area contributed by atoms with Crippen molar-refractivity contribution in [1.82, 2.24) is 10.3 Å². The molecule has 156 valence electrons. The van der Waals surface area contributed by atoms with Gasteiger partial charge in [0.15, 0.2) is 10.7 Å². The van der Waals surface area contributed by atoms with Crippen LogP contribution in [0.4, 0.5) is 10.1 Å². The normalized spacial score (nSPS) is 10.6. The first kappa shape index (κ1) is 20.5. The number of thiocarbonyl (C=S) groups is 1. The minimum Gasteiger partial charge on any atom is -0.494 e. The molecule has 0 saturated heterocycles. The van der Waals surface area contributed by atoms with E-state index in [-0.39, 0.29) is 10.7 Å². The van der Waals surface area contributed by atoms with Crippen LogP contribution in [0, 0.1) is 5.82 Å². The smallest absolute Gasteiger partial charge is 0.257 e. The van der Waals surface area contributed by atoms with Gasteiger partial charge >= 0.3 is 0 Å². The van der Waals surface area contributed by atoms with Crippen LogP contribution in [0.5, 0.6) is 5.75 Å². The SMILES string of the molecule is CCOc1ccc(-c2nc3cc(NC(=S)NC(=O)c4cccc(F)c4)ccc3o2)cc1. The van der Waals surface area contributed by atoms with Crippen LogP contribution in [0.15, 0.2) is 71.1 Å². The van der Waals surface area contributed by atoms with E-state index >= 15 is 0 Å². The molecule has 0 saturated carbocycles. The maximum atomic E-state index is 13.3. The first-order chi connectivity index (χ1) is 15.0. The first-order valence-electron chi connectivity index (χ1n) is 9.53. The fourth-order valence-corrected chi connectivity index (χ4v) is 3.17. The number of hydrogen-bond donors (Lipinski definition) is 2. The van der Waals surface area contributed by atoms with E-state index in [4.69, 9.17) is 21.4 Å². The van der Waals surface area contributed by atoms with E-state index in [0.29, 0.717) is 29.3 Å². The van der Waals surface area contributed by atoms with Gasteiger partial charge in [0.2, 0.25) is 5.89 Å². The molecular weight excluding hydrogens is 417 g/mol. The molecule has 0 spiro atoms. The van der Waals surface area contributed by atoms with Crippen molar-refractivity contribution >= 4 is 40.0 Å². The van der Waals surface area contributed by atoms with Crippen LogP contribution < -0.4 is 15.4 Å². The van der Waals surface area contributed by atoms with Crippen LogP contribution in [-0.4, -0.2) is 22.6 Å². The third-order valence-corrected chi connectivity index (χ3v) is 4.58. The molecule has 8 heteroatoms. The molecule has 2 N–H and O–H groups in total. The standard InChI is InChI=1S/C23H18FN3O3S/c1-2-29-18-9-6-14(7-10-18)22-26-19-13-17(8-11-20(19)30-22)25-23(31)27-21(28)15-4-3-5-16(24)12-15/h3-13H,2H2,1H3,(H2,25,27,28,31). The van der Waals surface area contributed by atoms with E-state index in [2.05, 4.69) is 15.6 Å². The molecule has 4 aromatic rings. The second-order valence-electron chi connectivity index (χ2n) is 6.58. The summed E-state index contributed by atoms with van der Waals surface area (Å²) in [7, 11) is 0. The topological polar surface area (TPSA) is 76.4 Å². The lowest BCUT2D eigenvalue weighted by Crippen LogP contribution is -2.34. The number of aromatic nitrogens is 1. The van der Waals surface area contributed by atoms with Gasteiger partial charge in [0.05, 0.1) is 6.61 Å². The van der Waals surface area contributed by atoms with Crippen molar-refractivity contribution in [2.45, 2.75) is 6.92 Å². The molecule has 6 nitrogen and oxygen atoms in total. The van der Waals surface area contributed by atoms with Gasteiger partial charge < -0.3 is 14.5 Å². The molecular formula is C23H18FN3O3S. The van der Waals surface area contributed by atoms with Gasteiger partial charge in [-0.2, -0.15) is 0 Å². The summed E-state index contributed by atoms with van der Waals surface area (Å²) in [6, 6.07) is 18.1. The number of halogens is 1. The van der Waals surface area contributed by atoms with Crippen LogP contribution in [0.1, 0.15) is 17.3 Å². The van der Waals surface area contributed by atoms with Crippen molar-refractivity contribution in [3.05, 3.63) is 78.1 Å². The minimum absolute atomic E-state index is 0.0869. The number of amides is 1. The van der Waals surface area contributed by atoms with Gasteiger partial charge in [0.1, 0.15) is 17.1 Å². The number of nitrogens with zero attached hydrogens (tertiary/aromatic N) is 1. The molecule has 0 bridgehead atoms. The number of carbonyl (C=O) groups excluding carboxylic acids is 1. The van der Waals surface area contributed by atoms with Crippen LogP contribution in [0.3, 0.4) is 0 Å². The average Bonchev–Trinajstić information content (AvgIpc) is 3.18. The highest BCUT2D eigenvalue weighted by Crippen LogP contribution is 2.27. The number of carbonyl (C=O) groups is 1. The number of oxazole rings is 1. The van der Waals surface area contributed by atoms with Crippen LogP contribution in [-0.2, 0) is 0 Å². The van der Waals surface area contributed by atoms with Gasteiger partial charge in [0, 0.05) is 16.8 Å². The van der Waals surface area contributed by atoms with Crippen molar-refractivity contribution in [3.63, 3.8) is 0 Å². The molecule has 4 rings (SSSR count). The summed E-state index contributed by atoms with van der Waals surface area (Å²) < 4.78 is 24.6. The van der Waals surface area contributed by atoms with E-state index in [1.54, 1.807) is 18.2 Å². The van der Waals surface area contributed by atoms with Crippen molar-refractivity contribution < 1.29 is 18.3 Å². The molecule has 0 aliphatic heterocycles. The van der Waals surface area contributed by atoms with E-state index in [1.807, 2.05) is 31.2 Å². The van der Waals surface area contributed by atoms with Gasteiger partial charge in [-0.05, 0) is 79.8 Å². The van der Waals surface area contributed by atoms with Crippen LogP contribution in [0.25, 0.3) is 22.6 Å². The Kier molecular flexibility index (Phi) is 5.90. The predicted molar refractivity (Wildman–Crippen MR) is 121 cm³/mol. The third-order valence-electron chi connectivity index (χ3n) is 4.37. The molecule has 31 heavy (non-hydrogen) atoms. The molecule has 0 unspecified atom stereocenters. The summed E-state index contributed by atoms with van der Waals surface area (Å²) in [5, 5.41) is 5.54. The number of ether oxygens (including phenoxy) is 1. The zero-order valence-electron chi connectivity index (χ0n) is 16.5. The summed E-state index contributed by atoms with van der Waals surface area (Å²) in [4.78, 5) is 16.7. The number of benzene rings is 3. The fourth-order valence-electron chi connectivity index (χ4n) is 2.96. The highest BCUT2D eigenvalue weighted by atomic mass is 32.1. The fraction of sp³-hybridized carbons (Fsp3) is 0.0870. The van der Waals surface area contributed by atoms with Gasteiger partial charge in [-0.3, -0.25) is 10.1 Å². The van der Waals surface area contributed by atoms with E-state index in [0.717, 1.165) is 17.4 Å². The number of nitrogens with one attached hydrogen (secondary N) is 2. The Labute approximate surface area is 183 Å². The van der Waals surface area contributed by atoms with Gasteiger partial charge in [-0.1, -0.05) is 6.07 Å². The lowest BCUT2D eigenvalue weighted by molar-refractivity contribution is 0.0977. The Morgan fingerprint density at radius 3 is 2.68 bits per heavy atom. The zero-order chi connectivity index (χ0) is 21.8. The van der Waals surface area contributed by atoms with Crippen molar-refractivity contribution in [1.29, 1.82) is 0 Å². The molecule has 0 atom stereocenters. The van der Waals surface area contributed by atoms with Crippen LogP contribution in [0.2, 0.25) is 0 Å². The lowest BCUT2D eigenvalue weighted by atomic mass is 10.2. The molecule has 1 aromatic heterocycles. The number of fused-ring (bicyclic) bond motifs is 1. The number of hydrogen-bond acceptors (Lipinski definition) is 5. The molecule has 3 aromatic carbocycles. The highest BCUT2D eigenvalue weighted by molar-refractivity contribution is 7.80. The lowest BCUT2D eigenvalue weighted by Gasteiger charge is -2.09. The van der Waals surface area contributed by atoms with E-state index in [9.17, 15) is 9.18 Å². The third kappa shape index (κ3) is 4.87. The summed E-state index contributed by atoms with van der Waals surface area (Å²) >= 11 is 5.19. The number of rotatable bonds is 5. The van der Waals surface area contributed by atoms with Gasteiger partial charge in [-0.15, -0.1) is 0 Å². The molecule has 0 aliphatic carbocycles. The van der Waals surface area contributed by atoms with Crippen LogP contribution >= 0.6 is 12.2 Å². The molecule has 0 fully saturated rings. The van der Waals surface area contributed by atoms with E-state index in [1.165, 1.54) is 18.2 Å². The Morgan fingerprint density at radius 2 is 1.94 bits per heavy atom. The van der Waals surface area contributed by atoms with Gasteiger partial charge in [-0.25, -0.2) is 9.37 Å². The number of anilines is 1. The second-order valence-corrected chi connectivity index (χ2v) is 6.99. The monoisotopic (exact) mass is 435 g/mol. The summed E-state index contributed by atoms with van der Waals surface area (Å²) in [6.45, 7) is 2.53. The van der Waals surface area contributed by atoms with E-state index < -0.39 is 11.7 Å². The molecule has 0 radical (unpaired) electrons. The maximum absolute atomic E-state index is 13.3. The van der Waals surface area contributed by atoms with Crippen molar-refractivity contribution in [3.8, 4) is 17.2 Å². The maximum Gasteiger partial charge on any atom is 0.257 e. The minimum atomic E-state index is -0.503.